The number of nitrogens with zero attached hydrogens (tertiary/aromatic N) is 2. The Labute approximate surface area is 184 Å². The smallest absolute Gasteiger partial charge is 0.0994 e. The molecule has 0 atom stereocenters. The van der Waals surface area contributed by atoms with Crippen LogP contribution in [0.4, 0.5) is 5.69 Å². The molecule has 1 aliphatic carbocycles. The zero-order valence-electron chi connectivity index (χ0n) is 18.7. The Morgan fingerprint density at radius 2 is 1.90 bits per heavy atom. The van der Waals surface area contributed by atoms with Gasteiger partial charge in [-0.25, -0.2) is 0 Å². The van der Waals surface area contributed by atoms with Crippen molar-refractivity contribution in [2.45, 2.75) is 65.0 Å². The van der Waals surface area contributed by atoms with Gasteiger partial charge in [0.15, 0.2) is 0 Å². The summed E-state index contributed by atoms with van der Waals surface area (Å²) in [6, 6.07) is 13.6. The van der Waals surface area contributed by atoms with Crippen molar-refractivity contribution in [3.05, 3.63) is 53.2 Å². The van der Waals surface area contributed by atoms with Crippen LogP contribution in [0, 0.1) is 23.7 Å². The summed E-state index contributed by atoms with van der Waals surface area (Å²) in [6.45, 7) is 7.63. The zero-order chi connectivity index (χ0) is 21.8. The van der Waals surface area contributed by atoms with Crippen molar-refractivity contribution in [1.29, 1.82) is 5.26 Å². The Bertz CT molecular complexity index is 1190. The summed E-state index contributed by atoms with van der Waals surface area (Å²) in [6.07, 6.45) is 6.87. The molecule has 2 N–H and O–H groups in total. The normalized spacial score (nSPS) is 22.5. The van der Waals surface area contributed by atoms with Crippen molar-refractivity contribution in [3.8, 4) is 17.2 Å². The standard InChI is InChI=1S/C27H31N3O/c1-17-11-26-22(12-18(17)14-28)24(15-30(26)19-7-9-20(31)10-8-19)21-5-4-6-25-23(21)13-27(2,3)16-29-25/h4-6,11-12,15,19-20,29,31H,7-10,13,16H2,1-3H3. The quantitative estimate of drug-likeness (QED) is 0.545. The van der Waals surface area contributed by atoms with Crippen LogP contribution < -0.4 is 5.32 Å². The molecule has 2 aliphatic rings. The Hall–Kier alpha value is -2.77. The average Bonchev–Trinajstić information content (AvgIpc) is 3.10. The van der Waals surface area contributed by atoms with Gasteiger partial charge in [-0.1, -0.05) is 26.0 Å². The lowest BCUT2D eigenvalue weighted by Crippen LogP contribution is -2.30. The van der Waals surface area contributed by atoms with Gasteiger partial charge in [0.05, 0.1) is 17.7 Å². The minimum atomic E-state index is -0.168. The highest BCUT2D eigenvalue weighted by atomic mass is 16.3. The van der Waals surface area contributed by atoms with E-state index in [1.807, 2.05) is 6.92 Å². The van der Waals surface area contributed by atoms with Crippen molar-refractivity contribution in [3.63, 3.8) is 0 Å². The van der Waals surface area contributed by atoms with E-state index < -0.39 is 0 Å². The number of rotatable bonds is 2. The highest BCUT2D eigenvalue weighted by molar-refractivity contribution is 5.99. The third kappa shape index (κ3) is 3.51. The number of fused-ring (bicyclic) bond motifs is 2. The fourth-order valence-electron chi connectivity index (χ4n) is 5.44. The molecule has 5 rings (SSSR count). The van der Waals surface area contributed by atoms with Crippen LogP contribution in [0.3, 0.4) is 0 Å². The number of benzene rings is 2. The molecule has 0 unspecified atom stereocenters. The van der Waals surface area contributed by atoms with E-state index in [9.17, 15) is 10.4 Å². The number of nitrogens with one attached hydrogen (secondary N) is 1. The minimum Gasteiger partial charge on any atom is -0.393 e. The van der Waals surface area contributed by atoms with E-state index in [1.165, 1.54) is 27.9 Å². The van der Waals surface area contributed by atoms with Gasteiger partial charge in [-0.05, 0) is 79.3 Å². The maximum absolute atomic E-state index is 10.0. The predicted molar refractivity (Wildman–Crippen MR) is 126 cm³/mol. The lowest BCUT2D eigenvalue weighted by Gasteiger charge is -2.33. The first-order valence-electron chi connectivity index (χ1n) is 11.5. The van der Waals surface area contributed by atoms with Gasteiger partial charge in [0.25, 0.3) is 0 Å². The molecular formula is C27H31N3O. The molecule has 31 heavy (non-hydrogen) atoms. The van der Waals surface area contributed by atoms with Crippen LogP contribution >= 0.6 is 0 Å². The van der Waals surface area contributed by atoms with Crippen molar-refractivity contribution in [2.75, 3.05) is 11.9 Å². The number of nitriles is 1. The second-order valence-electron chi connectivity index (χ2n) is 10.2. The van der Waals surface area contributed by atoms with Gasteiger partial charge in [0.1, 0.15) is 0 Å². The molecule has 2 heterocycles. The van der Waals surface area contributed by atoms with E-state index in [0.29, 0.717) is 6.04 Å². The molecule has 0 amide bonds. The molecular weight excluding hydrogens is 382 g/mol. The second-order valence-corrected chi connectivity index (χ2v) is 10.2. The summed E-state index contributed by atoms with van der Waals surface area (Å²) >= 11 is 0. The number of hydrogen-bond acceptors (Lipinski definition) is 3. The number of anilines is 1. The zero-order valence-corrected chi connectivity index (χ0v) is 18.7. The fraction of sp³-hybridized carbons (Fsp3) is 0.444. The molecule has 0 spiro atoms. The van der Waals surface area contributed by atoms with E-state index >= 15 is 0 Å². The molecule has 4 heteroatoms. The van der Waals surface area contributed by atoms with Crippen LogP contribution in [0.25, 0.3) is 22.0 Å². The molecule has 0 bridgehead atoms. The molecule has 1 aliphatic heterocycles. The first-order chi connectivity index (χ1) is 14.9. The van der Waals surface area contributed by atoms with Crippen molar-refractivity contribution in [1.82, 2.24) is 4.57 Å². The van der Waals surface area contributed by atoms with Crippen LogP contribution in [0.15, 0.2) is 36.5 Å². The molecule has 0 saturated heterocycles. The maximum atomic E-state index is 10.0. The van der Waals surface area contributed by atoms with Crippen molar-refractivity contribution < 1.29 is 5.11 Å². The van der Waals surface area contributed by atoms with Gasteiger partial charge in [0, 0.05) is 40.9 Å². The maximum Gasteiger partial charge on any atom is 0.0994 e. The number of aliphatic hydroxyl groups is 1. The SMILES string of the molecule is Cc1cc2c(cc1C#N)c(-c1cccc3c1CC(C)(C)CN3)cn2C1CCC(O)CC1. The van der Waals surface area contributed by atoms with Gasteiger partial charge in [-0.2, -0.15) is 5.26 Å². The van der Waals surface area contributed by atoms with Gasteiger partial charge in [-0.3, -0.25) is 0 Å². The van der Waals surface area contributed by atoms with Crippen LogP contribution in [-0.4, -0.2) is 22.3 Å². The Balaban J connectivity index is 1.72. The van der Waals surface area contributed by atoms with Gasteiger partial charge in [-0.15, -0.1) is 0 Å². The largest absolute Gasteiger partial charge is 0.393 e. The molecule has 4 nitrogen and oxygen atoms in total. The Morgan fingerprint density at radius 1 is 1.13 bits per heavy atom. The third-order valence-corrected chi connectivity index (χ3v) is 7.24. The first kappa shape index (κ1) is 20.2. The summed E-state index contributed by atoms with van der Waals surface area (Å²) in [5.41, 5.74) is 8.26. The molecule has 1 fully saturated rings. The van der Waals surface area contributed by atoms with Gasteiger partial charge < -0.3 is 15.0 Å². The summed E-state index contributed by atoms with van der Waals surface area (Å²) in [4.78, 5) is 0. The van der Waals surface area contributed by atoms with E-state index in [1.54, 1.807) is 0 Å². The van der Waals surface area contributed by atoms with E-state index in [2.05, 4.69) is 66.3 Å². The second kappa shape index (κ2) is 7.43. The molecule has 2 aromatic carbocycles. The van der Waals surface area contributed by atoms with Crippen LogP contribution in [0.1, 0.15) is 62.3 Å². The highest BCUT2D eigenvalue weighted by Crippen LogP contribution is 2.43. The summed E-state index contributed by atoms with van der Waals surface area (Å²) < 4.78 is 2.42. The number of hydrogen-bond donors (Lipinski definition) is 2. The Morgan fingerprint density at radius 3 is 2.65 bits per heavy atom. The monoisotopic (exact) mass is 413 g/mol. The average molecular weight is 414 g/mol. The van der Waals surface area contributed by atoms with Crippen molar-refractivity contribution in [2.24, 2.45) is 5.41 Å². The molecule has 1 aromatic heterocycles. The lowest BCUT2D eigenvalue weighted by molar-refractivity contribution is 0.111. The van der Waals surface area contributed by atoms with Gasteiger partial charge in [0.2, 0.25) is 0 Å². The molecule has 160 valence electrons. The number of aromatic nitrogens is 1. The third-order valence-electron chi connectivity index (χ3n) is 7.24. The Kier molecular flexibility index (Phi) is 4.83. The topological polar surface area (TPSA) is 61.0 Å². The minimum absolute atomic E-state index is 0.168. The first-order valence-corrected chi connectivity index (χ1v) is 11.5. The number of aryl methyl sites for hydroxylation is 1. The summed E-state index contributed by atoms with van der Waals surface area (Å²) in [5, 5.41) is 24.5. The highest BCUT2D eigenvalue weighted by Gasteiger charge is 2.29. The van der Waals surface area contributed by atoms with Crippen LogP contribution in [-0.2, 0) is 6.42 Å². The molecule has 1 saturated carbocycles. The molecule has 3 aromatic rings. The molecule has 0 radical (unpaired) electrons. The summed E-state index contributed by atoms with van der Waals surface area (Å²) in [7, 11) is 0. The fourth-order valence-corrected chi connectivity index (χ4v) is 5.44. The predicted octanol–water partition coefficient (Wildman–Crippen LogP) is 5.96. The summed E-state index contributed by atoms with van der Waals surface area (Å²) in [5.74, 6) is 0. The van der Waals surface area contributed by atoms with Crippen molar-refractivity contribution >= 4 is 16.6 Å². The van der Waals surface area contributed by atoms with E-state index in [-0.39, 0.29) is 11.5 Å². The van der Waals surface area contributed by atoms with Crippen LogP contribution in [0.5, 0.6) is 0 Å². The van der Waals surface area contributed by atoms with Crippen LogP contribution in [0.2, 0.25) is 0 Å². The van der Waals surface area contributed by atoms with E-state index in [0.717, 1.165) is 55.2 Å². The van der Waals surface area contributed by atoms with Gasteiger partial charge >= 0.3 is 0 Å². The number of aliphatic hydroxyl groups excluding tert-OH is 1. The lowest BCUT2D eigenvalue weighted by atomic mass is 9.79. The van der Waals surface area contributed by atoms with E-state index in [4.69, 9.17) is 0 Å².